The first-order chi connectivity index (χ1) is 10.7. The summed E-state index contributed by atoms with van der Waals surface area (Å²) in [4.78, 5) is 14.8. The van der Waals surface area contributed by atoms with Crippen LogP contribution in [0.5, 0.6) is 0 Å². The Morgan fingerprint density at radius 1 is 1.23 bits per heavy atom. The summed E-state index contributed by atoms with van der Waals surface area (Å²) < 4.78 is 13.3. The zero-order valence-corrected chi connectivity index (χ0v) is 12.7. The summed E-state index contributed by atoms with van der Waals surface area (Å²) in [5, 5.41) is 6.37. The maximum atomic E-state index is 13.3. The smallest absolute Gasteiger partial charge is 0.243 e. The molecule has 0 N–H and O–H groups in total. The van der Waals surface area contributed by atoms with Crippen molar-refractivity contribution in [2.24, 2.45) is 11.0 Å². The van der Waals surface area contributed by atoms with Crippen molar-refractivity contribution in [3.8, 4) is 0 Å². The molecular formula is C17H20FN3O. The lowest BCUT2D eigenvalue weighted by molar-refractivity contribution is -0.133. The number of amides is 1. The van der Waals surface area contributed by atoms with Crippen LogP contribution in [0.4, 0.5) is 4.39 Å². The van der Waals surface area contributed by atoms with Crippen LogP contribution in [0.15, 0.2) is 29.4 Å². The Kier molecular flexibility index (Phi) is 3.26. The maximum Gasteiger partial charge on any atom is 0.243 e. The lowest BCUT2D eigenvalue weighted by atomic mass is 9.78. The van der Waals surface area contributed by atoms with Gasteiger partial charge in [0, 0.05) is 12.3 Å². The van der Waals surface area contributed by atoms with E-state index in [1.165, 1.54) is 12.1 Å². The molecule has 0 spiro atoms. The minimum absolute atomic E-state index is 0.0387. The molecule has 0 aromatic heterocycles. The molecule has 22 heavy (non-hydrogen) atoms. The Morgan fingerprint density at radius 2 is 1.91 bits per heavy atom. The van der Waals surface area contributed by atoms with E-state index in [4.69, 9.17) is 5.10 Å². The summed E-state index contributed by atoms with van der Waals surface area (Å²) in [5.41, 5.74) is 2.13. The molecule has 2 bridgehead atoms. The zero-order chi connectivity index (χ0) is 15.3. The average molecular weight is 301 g/mol. The molecule has 1 aromatic rings. The maximum absolute atomic E-state index is 13.3. The van der Waals surface area contributed by atoms with Gasteiger partial charge in [0.15, 0.2) is 0 Å². The Morgan fingerprint density at radius 3 is 2.55 bits per heavy atom. The molecule has 3 fully saturated rings. The van der Waals surface area contributed by atoms with E-state index in [9.17, 15) is 9.18 Å². The van der Waals surface area contributed by atoms with Crippen LogP contribution in [0.1, 0.15) is 37.8 Å². The minimum atomic E-state index is -0.248. The lowest BCUT2D eigenvalue weighted by Gasteiger charge is -2.46. The molecule has 4 aliphatic rings. The molecule has 4 heterocycles. The molecule has 0 radical (unpaired) electrons. The summed E-state index contributed by atoms with van der Waals surface area (Å²) in [7, 11) is 0. The van der Waals surface area contributed by atoms with Gasteiger partial charge < -0.3 is 0 Å². The summed E-state index contributed by atoms with van der Waals surface area (Å²) in [6, 6.07) is 6.59. The number of hydrazone groups is 1. The summed E-state index contributed by atoms with van der Waals surface area (Å²) in [6.45, 7) is 4.00. The first kappa shape index (κ1) is 13.9. The number of nitrogens with zero attached hydrogens (tertiary/aromatic N) is 3. The zero-order valence-electron chi connectivity index (χ0n) is 12.7. The Balaban J connectivity index is 1.76. The van der Waals surface area contributed by atoms with Gasteiger partial charge in [0.25, 0.3) is 0 Å². The number of halogens is 1. The highest BCUT2D eigenvalue weighted by Crippen LogP contribution is 2.43. The molecule has 2 unspecified atom stereocenters. The van der Waals surface area contributed by atoms with Crippen LogP contribution >= 0.6 is 0 Å². The highest BCUT2D eigenvalue weighted by molar-refractivity contribution is 5.97. The number of hydrogen-bond acceptors (Lipinski definition) is 3. The monoisotopic (exact) mass is 301 g/mol. The summed E-state index contributed by atoms with van der Waals surface area (Å²) >= 11 is 0. The van der Waals surface area contributed by atoms with E-state index in [-0.39, 0.29) is 23.8 Å². The van der Waals surface area contributed by atoms with Gasteiger partial charge in [-0.3, -0.25) is 9.69 Å². The van der Waals surface area contributed by atoms with Crippen molar-refractivity contribution < 1.29 is 9.18 Å². The molecule has 5 rings (SSSR count). The van der Waals surface area contributed by atoms with Crippen LogP contribution in [0.3, 0.4) is 0 Å². The summed E-state index contributed by atoms with van der Waals surface area (Å²) in [5.74, 6) is 0.297. The van der Waals surface area contributed by atoms with Gasteiger partial charge in [-0.15, -0.1) is 0 Å². The predicted molar refractivity (Wildman–Crippen MR) is 81.8 cm³/mol. The van der Waals surface area contributed by atoms with Crippen molar-refractivity contribution in [3.63, 3.8) is 0 Å². The number of hydrogen-bond donors (Lipinski definition) is 0. The van der Waals surface area contributed by atoms with Crippen LogP contribution in [-0.2, 0) is 4.79 Å². The van der Waals surface area contributed by atoms with Gasteiger partial charge in [0.1, 0.15) is 11.9 Å². The molecule has 4 nitrogen and oxygen atoms in total. The van der Waals surface area contributed by atoms with E-state index in [0.717, 1.165) is 37.2 Å². The second-order valence-electron chi connectivity index (χ2n) is 6.37. The van der Waals surface area contributed by atoms with E-state index in [0.29, 0.717) is 12.3 Å². The quantitative estimate of drug-likeness (QED) is 0.841. The fraction of sp³-hybridized carbons (Fsp3) is 0.529. The average Bonchev–Trinajstić information content (AvgIpc) is 2.98. The number of piperidine rings is 3. The third kappa shape index (κ3) is 1.99. The van der Waals surface area contributed by atoms with Gasteiger partial charge in [-0.05, 0) is 43.6 Å². The highest BCUT2D eigenvalue weighted by atomic mass is 19.1. The molecule has 4 aliphatic heterocycles. The van der Waals surface area contributed by atoms with Gasteiger partial charge >= 0.3 is 0 Å². The lowest BCUT2D eigenvalue weighted by Crippen LogP contribution is -2.56. The van der Waals surface area contributed by atoms with Gasteiger partial charge in [0.2, 0.25) is 5.91 Å². The molecule has 0 saturated carbocycles. The first-order valence-electron chi connectivity index (χ1n) is 8.09. The third-order valence-electron chi connectivity index (χ3n) is 5.20. The van der Waals surface area contributed by atoms with E-state index in [2.05, 4.69) is 4.90 Å². The van der Waals surface area contributed by atoms with Gasteiger partial charge in [-0.25, -0.2) is 9.40 Å². The van der Waals surface area contributed by atoms with Crippen LogP contribution < -0.4 is 0 Å². The van der Waals surface area contributed by atoms with E-state index >= 15 is 0 Å². The number of fused-ring (bicyclic) bond motifs is 2. The van der Waals surface area contributed by atoms with Crippen LogP contribution in [0.25, 0.3) is 0 Å². The Labute approximate surface area is 129 Å². The normalized spacial score (nSPS) is 32.8. The van der Waals surface area contributed by atoms with Crippen molar-refractivity contribution in [1.82, 2.24) is 9.91 Å². The van der Waals surface area contributed by atoms with Gasteiger partial charge in [0.05, 0.1) is 11.8 Å². The van der Waals surface area contributed by atoms with E-state index < -0.39 is 0 Å². The number of carbonyl (C=O) groups excluding carboxylic acids is 1. The fourth-order valence-electron chi connectivity index (χ4n) is 4.08. The van der Waals surface area contributed by atoms with Crippen molar-refractivity contribution in [2.75, 3.05) is 13.1 Å². The number of benzene rings is 1. The van der Waals surface area contributed by atoms with Crippen LogP contribution in [0, 0.1) is 11.7 Å². The van der Waals surface area contributed by atoms with Crippen molar-refractivity contribution in [2.45, 2.75) is 38.3 Å². The SMILES string of the molecule is CCC(=O)N1N=C2C3CCN(CC3)C2C1c1ccc(F)cc1. The van der Waals surface area contributed by atoms with Crippen LogP contribution in [0.2, 0.25) is 0 Å². The molecule has 1 amide bonds. The molecule has 116 valence electrons. The standard InChI is InChI=1S/C17H20FN3O/c1-2-14(22)21-16(12-3-5-13(18)6-4-12)17-15(19-21)11-7-9-20(17)10-8-11/h3-6,11,16-17H,2,7-10H2,1H3. The van der Waals surface area contributed by atoms with E-state index in [1.807, 2.05) is 6.92 Å². The van der Waals surface area contributed by atoms with E-state index in [1.54, 1.807) is 17.1 Å². The predicted octanol–water partition coefficient (Wildman–Crippen LogP) is 2.57. The van der Waals surface area contributed by atoms with Crippen LogP contribution in [-0.4, -0.2) is 40.7 Å². The minimum Gasteiger partial charge on any atom is -0.293 e. The topological polar surface area (TPSA) is 35.9 Å². The third-order valence-corrected chi connectivity index (χ3v) is 5.20. The highest BCUT2D eigenvalue weighted by Gasteiger charge is 2.50. The molecule has 3 saturated heterocycles. The summed E-state index contributed by atoms with van der Waals surface area (Å²) in [6.07, 6.45) is 2.71. The Bertz CT molecular complexity index is 619. The van der Waals surface area contributed by atoms with Gasteiger partial charge in [-0.2, -0.15) is 5.10 Å². The second kappa shape index (κ2) is 5.16. The molecule has 0 aliphatic carbocycles. The second-order valence-corrected chi connectivity index (χ2v) is 6.37. The fourth-order valence-corrected chi connectivity index (χ4v) is 4.08. The van der Waals surface area contributed by atoms with Gasteiger partial charge in [-0.1, -0.05) is 19.1 Å². The van der Waals surface area contributed by atoms with Crippen molar-refractivity contribution >= 4 is 11.6 Å². The number of carbonyl (C=O) groups is 1. The molecule has 5 heteroatoms. The van der Waals surface area contributed by atoms with Crippen molar-refractivity contribution in [1.29, 1.82) is 0 Å². The van der Waals surface area contributed by atoms with Crippen molar-refractivity contribution in [3.05, 3.63) is 35.6 Å². The number of rotatable bonds is 2. The first-order valence-corrected chi connectivity index (χ1v) is 8.09. The Hall–Kier alpha value is -1.75. The largest absolute Gasteiger partial charge is 0.293 e. The molecule has 1 aromatic carbocycles. The molecule has 2 atom stereocenters. The molecular weight excluding hydrogens is 281 g/mol.